The van der Waals surface area contributed by atoms with Gasteiger partial charge in [-0.25, -0.2) is 9.18 Å². The fourth-order valence-electron chi connectivity index (χ4n) is 2.29. The molecule has 0 heterocycles. The molecule has 132 valence electrons. The Morgan fingerprint density at radius 1 is 1.04 bits per heavy atom. The van der Waals surface area contributed by atoms with Crippen LogP contribution in [0.5, 0.6) is 5.75 Å². The molecule has 0 spiro atoms. The van der Waals surface area contributed by atoms with E-state index in [0.29, 0.717) is 24.0 Å². The van der Waals surface area contributed by atoms with Crippen LogP contribution < -0.4 is 10.1 Å². The third-order valence-corrected chi connectivity index (χ3v) is 3.72. The number of halogens is 1. The fourth-order valence-corrected chi connectivity index (χ4v) is 2.29. The van der Waals surface area contributed by atoms with Gasteiger partial charge in [-0.3, -0.25) is 4.79 Å². The third kappa shape index (κ3) is 5.31. The topological polar surface area (TPSA) is 64.6 Å². The number of hydrogen-bond acceptors (Lipinski definition) is 4. The molecule has 25 heavy (non-hydrogen) atoms. The average molecular weight is 345 g/mol. The van der Waals surface area contributed by atoms with Crippen LogP contribution in [0.1, 0.15) is 27.9 Å². The number of amides is 1. The fraction of sp³-hybridized carbons (Fsp3) is 0.263. The van der Waals surface area contributed by atoms with Gasteiger partial charge in [-0.05, 0) is 41.8 Å². The molecule has 1 amide bonds. The van der Waals surface area contributed by atoms with Crippen LogP contribution in [0.2, 0.25) is 0 Å². The van der Waals surface area contributed by atoms with E-state index in [1.807, 2.05) is 0 Å². The van der Waals surface area contributed by atoms with E-state index in [2.05, 4.69) is 10.1 Å². The van der Waals surface area contributed by atoms with E-state index < -0.39 is 11.8 Å². The molecule has 6 heteroatoms. The largest absolute Gasteiger partial charge is 0.494 e. The van der Waals surface area contributed by atoms with Gasteiger partial charge < -0.3 is 14.8 Å². The Morgan fingerprint density at radius 3 is 2.32 bits per heavy atom. The van der Waals surface area contributed by atoms with Crippen LogP contribution in [0.3, 0.4) is 0 Å². The molecular weight excluding hydrogens is 325 g/mol. The van der Waals surface area contributed by atoms with Gasteiger partial charge >= 0.3 is 5.97 Å². The quantitative estimate of drug-likeness (QED) is 0.784. The van der Waals surface area contributed by atoms with E-state index in [0.717, 1.165) is 5.56 Å². The predicted octanol–water partition coefficient (Wildman–Crippen LogP) is 2.87. The van der Waals surface area contributed by atoms with Gasteiger partial charge in [0.25, 0.3) is 0 Å². The highest BCUT2D eigenvalue weighted by Crippen LogP contribution is 2.17. The summed E-state index contributed by atoms with van der Waals surface area (Å²) in [5.74, 6) is -0.810. The molecule has 0 aromatic heterocycles. The summed E-state index contributed by atoms with van der Waals surface area (Å²) in [5, 5.41) is 2.75. The van der Waals surface area contributed by atoms with Gasteiger partial charge in [0.2, 0.25) is 5.91 Å². The summed E-state index contributed by atoms with van der Waals surface area (Å²) in [4.78, 5) is 23.3. The normalized spacial score (nSPS) is 10.2. The number of nitrogens with one attached hydrogen (secondary N) is 1. The summed E-state index contributed by atoms with van der Waals surface area (Å²) in [7, 11) is 2.73. The number of rotatable bonds is 7. The monoisotopic (exact) mass is 345 g/mol. The highest BCUT2D eigenvalue weighted by Gasteiger charge is 2.07. The van der Waals surface area contributed by atoms with Crippen molar-refractivity contribution in [1.82, 2.24) is 5.32 Å². The lowest BCUT2D eigenvalue weighted by atomic mass is 10.1. The summed E-state index contributed by atoms with van der Waals surface area (Å²) in [6, 6.07) is 11.5. The summed E-state index contributed by atoms with van der Waals surface area (Å²) >= 11 is 0. The molecule has 2 rings (SSSR count). The van der Waals surface area contributed by atoms with Crippen molar-refractivity contribution in [1.29, 1.82) is 0 Å². The molecule has 0 aliphatic rings. The average Bonchev–Trinajstić information content (AvgIpc) is 2.64. The Labute approximate surface area is 145 Å². The van der Waals surface area contributed by atoms with E-state index in [1.165, 1.54) is 26.4 Å². The molecule has 0 saturated carbocycles. The Hall–Kier alpha value is -2.89. The van der Waals surface area contributed by atoms with Gasteiger partial charge in [-0.2, -0.15) is 0 Å². The minimum absolute atomic E-state index is 0.131. The van der Waals surface area contributed by atoms with Crippen LogP contribution in [0.25, 0.3) is 0 Å². The molecule has 1 N–H and O–H groups in total. The molecule has 2 aromatic carbocycles. The number of ether oxygens (including phenoxy) is 2. The molecule has 0 saturated heterocycles. The molecule has 0 bridgehead atoms. The zero-order valence-corrected chi connectivity index (χ0v) is 14.2. The Bertz CT molecular complexity index is 744. The first kappa shape index (κ1) is 18.4. The first-order valence-corrected chi connectivity index (χ1v) is 7.80. The van der Waals surface area contributed by atoms with Crippen LogP contribution >= 0.6 is 0 Å². The van der Waals surface area contributed by atoms with Crippen LogP contribution in [0.15, 0.2) is 42.5 Å². The molecule has 0 atom stereocenters. The van der Waals surface area contributed by atoms with Crippen LogP contribution in [0.4, 0.5) is 4.39 Å². The van der Waals surface area contributed by atoms with Gasteiger partial charge in [0.15, 0.2) is 11.6 Å². The van der Waals surface area contributed by atoms with Crippen LogP contribution in [-0.4, -0.2) is 26.1 Å². The molecule has 0 unspecified atom stereocenters. The molecular formula is C19H20FNO4. The highest BCUT2D eigenvalue weighted by molar-refractivity contribution is 5.89. The number of methoxy groups -OCH3 is 2. The molecule has 2 aromatic rings. The second-order valence-corrected chi connectivity index (χ2v) is 5.43. The van der Waals surface area contributed by atoms with Crippen molar-refractivity contribution in [3.63, 3.8) is 0 Å². The lowest BCUT2D eigenvalue weighted by Gasteiger charge is -2.08. The predicted molar refractivity (Wildman–Crippen MR) is 90.9 cm³/mol. The number of benzene rings is 2. The zero-order chi connectivity index (χ0) is 18.2. The Kier molecular flexibility index (Phi) is 6.51. The smallest absolute Gasteiger partial charge is 0.337 e. The van der Waals surface area contributed by atoms with E-state index in [-0.39, 0.29) is 18.2 Å². The number of hydrogen-bond donors (Lipinski definition) is 1. The SMILES string of the molecule is COC(=O)c1ccc(CCC(=O)NCc2ccc(OC)c(F)c2)cc1. The van der Waals surface area contributed by atoms with Crippen molar-refractivity contribution in [3.05, 3.63) is 65.0 Å². The van der Waals surface area contributed by atoms with Crippen molar-refractivity contribution in [2.45, 2.75) is 19.4 Å². The second kappa shape index (κ2) is 8.82. The van der Waals surface area contributed by atoms with Crippen LogP contribution in [0, 0.1) is 5.82 Å². The first-order valence-electron chi connectivity index (χ1n) is 7.80. The maximum Gasteiger partial charge on any atom is 0.337 e. The van der Waals surface area contributed by atoms with Crippen LogP contribution in [-0.2, 0) is 22.5 Å². The minimum atomic E-state index is -0.458. The third-order valence-electron chi connectivity index (χ3n) is 3.72. The molecule has 5 nitrogen and oxygen atoms in total. The highest BCUT2D eigenvalue weighted by atomic mass is 19.1. The number of carbonyl (C=O) groups excluding carboxylic acids is 2. The summed E-state index contributed by atoms with van der Waals surface area (Å²) in [6.45, 7) is 0.251. The maximum absolute atomic E-state index is 13.6. The molecule has 0 radical (unpaired) electrons. The standard InChI is InChI=1S/C19H20FNO4/c1-24-17-9-5-14(11-16(17)20)12-21-18(22)10-6-13-3-7-15(8-4-13)19(23)25-2/h3-5,7-9,11H,6,10,12H2,1-2H3,(H,21,22). The lowest BCUT2D eigenvalue weighted by molar-refractivity contribution is -0.121. The van der Waals surface area contributed by atoms with Crippen molar-refractivity contribution in [2.75, 3.05) is 14.2 Å². The number of carbonyl (C=O) groups is 2. The van der Waals surface area contributed by atoms with Gasteiger partial charge in [0.1, 0.15) is 0 Å². The van der Waals surface area contributed by atoms with Crippen molar-refractivity contribution in [3.8, 4) is 5.75 Å². The van der Waals surface area contributed by atoms with Gasteiger partial charge in [-0.1, -0.05) is 18.2 Å². The van der Waals surface area contributed by atoms with E-state index in [4.69, 9.17) is 4.74 Å². The van der Waals surface area contributed by atoms with Gasteiger partial charge in [0, 0.05) is 13.0 Å². The Balaban J connectivity index is 1.80. The number of esters is 1. The van der Waals surface area contributed by atoms with E-state index in [9.17, 15) is 14.0 Å². The summed E-state index contributed by atoms with van der Waals surface area (Å²) < 4.78 is 23.1. The minimum Gasteiger partial charge on any atom is -0.494 e. The van der Waals surface area contributed by atoms with E-state index in [1.54, 1.807) is 30.3 Å². The summed E-state index contributed by atoms with van der Waals surface area (Å²) in [6.07, 6.45) is 0.848. The van der Waals surface area contributed by atoms with Gasteiger partial charge in [-0.15, -0.1) is 0 Å². The molecule has 0 aliphatic heterocycles. The zero-order valence-electron chi connectivity index (χ0n) is 14.2. The van der Waals surface area contributed by atoms with Crippen molar-refractivity contribution >= 4 is 11.9 Å². The van der Waals surface area contributed by atoms with Crippen molar-refractivity contribution < 1.29 is 23.5 Å². The van der Waals surface area contributed by atoms with Crippen molar-refractivity contribution in [2.24, 2.45) is 0 Å². The van der Waals surface area contributed by atoms with Gasteiger partial charge in [0.05, 0.1) is 19.8 Å². The van der Waals surface area contributed by atoms with E-state index >= 15 is 0 Å². The second-order valence-electron chi connectivity index (χ2n) is 5.43. The molecule has 0 fully saturated rings. The Morgan fingerprint density at radius 2 is 1.72 bits per heavy atom. The maximum atomic E-state index is 13.6. The number of aryl methyl sites for hydroxylation is 1. The lowest BCUT2D eigenvalue weighted by Crippen LogP contribution is -2.23. The summed E-state index contributed by atoms with van der Waals surface area (Å²) in [5.41, 5.74) is 2.07. The first-order chi connectivity index (χ1) is 12.0. The molecule has 0 aliphatic carbocycles.